The molecule has 1 atom stereocenters. The van der Waals surface area contributed by atoms with Crippen LogP contribution in [-0.4, -0.2) is 37.6 Å². The number of nitrogens with one attached hydrogen (secondary N) is 1. The monoisotopic (exact) mass is 368 g/mol. The molecule has 0 aliphatic rings. The number of likely N-dealkylation sites (N-methyl/N-ethyl adjacent to an activating group) is 1. The maximum atomic E-state index is 12.6. The lowest BCUT2D eigenvalue weighted by atomic mass is 10.0. The number of ether oxygens (including phenoxy) is 1. The van der Waals surface area contributed by atoms with Crippen molar-refractivity contribution in [1.82, 2.24) is 10.2 Å². The second-order valence-corrected chi connectivity index (χ2v) is 6.92. The Morgan fingerprint density at radius 3 is 2.52 bits per heavy atom. The molecule has 1 N–H and O–H groups in total. The van der Waals surface area contributed by atoms with Crippen LogP contribution in [0.15, 0.2) is 42.5 Å². The van der Waals surface area contributed by atoms with Gasteiger partial charge >= 0.3 is 0 Å². The van der Waals surface area contributed by atoms with Crippen molar-refractivity contribution in [1.29, 1.82) is 0 Å². The van der Waals surface area contributed by atoms with E-state index in [1.54, 1.807) is 7.11 Å². The lowest BCUT2D eigenvalue weighted by Crippen LogP contribution is -2.38. The summed E-state index contributed by atoms with van der Waals surface area (Å²) in [7, 11) is 1.68. The van der Waals surface area contributed by atoms with Gasteiger partial charge in [-0.25, -0.2) is 0 Å². The van der Waals surface area contributed by atoms with E-state index >= 15 is 0 Å². The molecule has 2 aromatic carbocycles. The van der Waals surface area contributed by atoms with Crippen molar-refractivity contribution in [2.75, 3.05) is 26.7 Å². The molecule has 0 radical (unpaired) electrons. The molecule has 1 unspecified atom stereocenters. The van der Waals surface area contributed by atoms with E-state index in [1.165, 1.54) is 5.56 Å². The van der Waals surface area contributed by atoms with Crippen LogP contribution < -0.4 is 10.1 Å². The summed E-state index contributed by atoms with van der Waals surface area (Å²) in [6, 6.07) is 14.5. The van der Waals surface area contributed by atoms with E-state index in [4.69, 9.17) is 4.74 Å². The molecule has 0 saturated carbocycles. The maximum absolute atomic E-state index is 12.6. The zero-order valence-corrected chi connectivity index (χ0v) is 17.2. The topological polar surface area (TPSA) is 41.6 Å². The average molecular weight is 369 g/mol. The number of nitrogens with zero attached hydrogens (tertiary/aromatic N) is 1. The molecular weight excluding hydrogens is 336 g/mol. The van der Waals surface area contributed by atoms with Gasteiger partial charge in [0.1, 0.15) is 5.75 Å². The Kier molecular flexibility index (Phi) is 7.86. The minimum absolute atomic E-state index is 0.0590. The highest BCUT2D eigenvalue weighted by molar-refractivity contribution is 5.79. The number of aryl methyl sites for hydroxylation is 2. The van der Waals surface area contributed by atoms with Crippen LogP contribution in [0.25, 0.3) is 0 Å². The number of benzene rings is 2. The summed E-state index contributed by atoms with van der Waals surface area (Å²) >= 11 is 0. The summed E-state index contributed by atoms with van der Waals surface area (Å²) in [4.78, 5) is 14.9. The lowest BCUT2D eigenvalue weighted by Gasteiger charge is -2.30. The molecule has 0 spiro atoms. The molecular formula is C23H32N2O2. The fourth-order valence-corrected chi connectivity index (χ4v) is 3.41. The third kappa shape index (κ3) is 5.83. The molecule has 146 valence electrons. The van der Waals surface area contributed by atoms with Gasteiger partial charge in [-0.05, 0) is 55.8 Å². The van der Waals surface area contributed by atoms with Crippen LogP contribution in [0.5, 0.6) is 5.75 Å². The Bertz CT molecular complexity index is 754. The first-order valence-electron chi connectivity index (χ1n) is 9.69. The fourth-order valence-electron chi connectivity index (χ4n) is 3.41. The SMILES string of the molecule is CCN(CC)C(CNC(=O)Cc1cc(C)ccc1C)c1cccc(OC)c1. The number of amides is 1. The van der Waals surface area contributed by atoms with Gasteiger partial charge in [0.15, 0.2) is 0 Å². The number of carbonyl (C=O) groups excluding carboxylic acids is 1. The van der Waals surface area contributed by atoms with Gasteiger partial charge in [0.25, 0.3) is 0 Å². The molecule has 0 fully saturated rings. The number of rotatable bonds is 9. The zero-order valence-electron chi connectivity index (χ0n) is 17.2. The van der Waals surface area contributed by atoms with E-state index in [9.17, 15) is 4.79 Å². The maximum Gasteiger partial charge on any atom is 0.224 e. The Hall–Kier alpha value is -2.33. The van der Waals surface area contributed by atoms with Crippen LogP contribution in [0, 0.1) is 13.8 Å². The lowest BCUT2D eigenvalue weighted by molar-refractivity contribution is -0.120. The molecule has 0 saturated heterocycles. The number of hydrogen-bond donors (Lipinski definition) is 1. The van der Waals surface area contributed by atoms with E-state index in [0.29, 0.717) is 13.0 Å². The summed E-state index contributed by atoms with van der Waals surface area (Å²) in [5, 5.41) is 3.14. The Morgan fingerprint density at radius 1 is 1.11 bits per heavy atom. The third-order valence-electron chi connectivity index (χ3n) is 5.08. The largest absolute Gasteiger partial charge is 0.497 e. The summed E-state index contributed by atoms with van der Waals surface area (Å²) < 4.78 is 5.38. The van der Waals surface area contributed by atoms with E-state index in [2.05, 4.69) is 68.2 Å². The normalized spacial score (nSPS) is 12.1. The van der Waals surface area contributed by atoms with Gasteiger partial charge < -0.3 is 10.1 Å². The summed E-state index contributed by atoms with van der Waals surface area (Å²) in [5.74, 6) is 0.898. The van der Waals surface area contributed by atoms with Crippen molar-refractivity contribution in [2.24, 2.45) is 0 Å². The highest BCUT2D eigenvalue weighted by atomic mass is 16.5. The zero-order chi connectivity index (χ0) is 19.8. The average Bonchev–Trinajstić information content (AvgIpc) is 2.68. The van der Waals surface area contributed by atoms with Gasteiger partial charge in [-0.3, -0.25) is 9.69 Å². The Morgan fingerprint density at radius 2 is 1.85 bits per heavy atom. The summed E-state index contributed by atoms with van der Waals surface area (Å²) in [5.41, 5.74) is 4.59. The second-order valence-electron chi connectivity index (χ2n) is 6.92. The van der Waals surface area contributed by atoms with Gasteiger partial charge in [0.05, 0.1) is 19.6 Å². The smallest absolute Gasteiger partial charge is 0.224 e. The highest BCUT2D eigenvalue weighted by Gasteiger charge is 2.19. The van der Waals surface area contributed by atoms with Gasteiger partial charge in [-0.2, -0.15) is 0 Å². The first-order valence-corrected chi connectivity index (χ1v) is 9.69. The van der Waals surface area contributed by atoms with Crippen LogP contribution >= 0.6 is 0 Å². The number of hydrogen-bond acceptors (Lipinski definition) is 3. The van der Waals surface area contributed by atoms with Crippen LogP contribution in [0.3, 0.4) is 0 Å². The molecule has 2 aromatic rings. The highest BCUT2D eigenvalue weighted by Crippen LogP contribution is 2.24. The number of carbonyl (C=O) groups is 1. The van der Waals surface area contributed by atoms with Crippen molar-refractivity contribution in [3.63, 3.8) is 0 Å². The third-order valence-corrected chi connectivity index (χ3v) is 5.08. The molecule has 0 bridgehead atoms. The van der Waals surface area contributed by atoms with Crippen LogP contribution in [0.4, 0.5) is 0 Å². The molecule has 0 aliphatic heterocycles. The van der Waals surface area contributed by atoms with Gasteiger partial charge in [-0.15, -0.1) is 0 Å². The molecule has 4 heteroatoms. The van der Waals surface area contributed by atoms with Crippen LogP contribution in [-0.2, 0) is 11.2 Å². The van der Waals surface area contributed by atoms with Crippen molar-refractivity contribution in [2.45, 2.75) is 40.2 Å². The predicted molar refractivity (Wildman–Crippen MR) is 111 cm³/mol. The van der Waals surface area contributed by atoms with E-state index in [-0.39, 0.29) is 11.9 Å². The molecule has 1 amide bonds. The molecule has 27 heavy (non-hydrogen) atoms. The minimum atomic E-state index is 0.0590. The minimum Gasteiger partial charge on any atom is -0.497 e. The van der Waals surface area contributed by atoms with Crippen LogP contribution in [0.1, 0.15) is 42.1 Å². The van der Waals surface area contributed by atoms with E-state index in [0.717, 1.165) is 35.5 Å². The summed E-state index contributed by atoms with van der Waals surface area (Å²) in [6.45, 7) is 10.8. The van der Waals surface area contributed by atoms with E-state index < -0.39 is 0 Å². The summed E-state index contributed by atoms with van der Waals surface area (Å²) in [6.07, 6.45) is 0.413. The molecule has 4 nitrogen and oxygen atoms in total. The second kappa shape index (κ2) is 10.1. The van der Waals surface area contributed by atoms with Gasteiger partial charge in [0, 0.05) is 6.54 Å². The van der Waals surface area contributed by atoms with Crippen molar-refractivity contribution in [3.05, 3.63) is 64.7 Å². The van der Waals surface area contributed by atoms with E-state index in [1.807, 2.05) is 12.1 Å². The van der Waals surface area contributed by atoms with Crippen molar-refractivity contribution < 1.29 is 9.53 Å². The molecule has 0 aromatic heterocycles. The standard InChI is InChI=1S/C23H32N2O2/c1-6-25(7-2)22(19-9-8-10-21(14-19)27-5)16-24-23(26)15-20-13-17(3)11-12-18(20)4/h8-14,22H,6-7,15-16H2,1-5H3,(H,24,26). The molecule has 0 heterocycles. The Balaban J connectivity index is 2.10. The fraction of sp³-hybridized carbons (Fsp3) is 0.435. The van der Waals surface area contributed by atoms with Gasteiger partial charge in [0.2, 0.25) is 5.91 Å². The quantitative estimate of drug-likeness (QED) is 0.726. The van der Waals surface area contributed by atoms with Crippen molar-refractivity contribution >= 4 is 5.91 Å². The predicted octanol–water partition coefficient (Wildman–Crippen LogP) is 4.05. The molecule has 2 rings (SSSR count). The first-order chi connectivity index (χ1) is 13.0. The van der Waals surface area contributed by atoms with Gasteiger partial charge in [-0.1, -0.05) is 49.7 Å². The van der Waals surface area contributed by atoms with Crippen molar-refractivity contribution in [3.8, 4) is 5.75 Å². The van der Waals surface area contributed by atoms with Crippen LogP contribution in [0.2, 0.25) is 0 Å². The first kappa shape index (κ1) is 21.0. The number of methoxy groups -OCH3 is 1. The Labute approximate surface area is 163 Å². The molecule has 0 aliphatic carbocycles.